The second kappa shape index (κ2) is 7.27. The van der Waals surface area contributed by atoms with Gasteiger partial charge in [0.1, 0.15) is 0 Å². The van der Waals surface area contributed by atoms with Crippen molar-refractivity contribution in [2.75, 3.05) is 32.6 Å². The Labute approximate surface area is 136 Å². The smallest absolute Gasteiger partial charge is 0.0964 e. The van der Waals surface area contributed by atoms with Gasteiger partial charge >= 0.3 is 0 Å². The van der Waals surface area contributed by atoms with Crippen LogP contribution in [0.1, 0.15) is 18.5 Å². The minimum absolute atomic E-state index is 0.434. The van der Waals surface area contributed by atoms with Crippen LogP contribution < -0.4 is 0 Å². The van der Waals surface area contributed by atoms with Crippen molar-refractivity contribution in [2.24, 2.45) is 0 Å². The first-order valence-corrected chi connectivity index (χ1v) is 8.93. The molecule has 22 heavy (non-hydrogen) atoms. The van der Waals surface area contributed by atoms with Crippen LogP contribution in [0.3, 0.4) is 0 Å². The molecule has 1 aromatic carbocycles. The molecule has 0 aliphatic carbocycles. The van der Waals surface area contributed by atoms with Crippen LogP contribution in [0.5, 0.6) is 0 Å². The van der Waals surface area contributed by atoms with Crippen LogP contribution in [0.4, 0.5) is 0 Å². The van der Waals surface area contributed by atoms with Gasteiger partial charge in [-0.3, -0.25) is 4.90 Å². The molecule has 0 radical (unpaired) electrons. The van der Waals surface area contributed by atoms with Gasteiger partial charge in [-0.05, 0) is 30.9 Å². The summed E-state index contributed by atoms with van der Waals surface area (Å²) in [5.74, 6) is 0. The predicted octanol–water partition coefficient (Wildman–Crippen LogP) is 3.86. The molecule has 4 heteroatoms. The molecule has 3 nitrogen and oxygen atoms in total. The van der Waals surface area contributed by atoms with Gasteiger partial charge in [0.25, 0.3) is 0 Å². The number of rotatable bonds is 4. The highest BCUT2D eigenvalue weighted by Gasteiger charge is 2.18. The summed E-state index contributed by atoms with van der Waals surface area (Å²) in [6.45, 7) is 5.98. The van der Waals surface area contributed by atoms with E-state index in [0.29, 0.717) is 6.04 Å². The number of benzene rings is 1. The molecule has 116 valence electrons. The second-order valence-corrected chi connectivity index (χ2v) is 6.34. The molecule has 0 amide bonds. The topological polar surface area (TPSA) is 25.4 Å². The van der Waals surface area contributed by atoms with Gasteiger partial charge in [-0.15, -0.1) is 11.8 Å². The Morgan fingerprint density at radius 1 is 1.09 bits per heavy atom. The summed E-state index contributed by atoms with van der Waals surface area (Å²) in [4.78, 5) is 7.14. The van der Waals surface area contributed by atoms with Gasteiger partial charge in [0.15, 0.2) is 0 Å². The highest BCUT2D eigenvalue weighted by molar-refractivity contribution is 7.98. The molecule has 2 aromatic rings. The van der Waals surface area contributed by atoms with Crippen molar-refractivity contribution in [3.63, 3.8) is 0 Å². The number of pyridine rings is 1. The summed E-state index contributed by atoms with van der Waals surface area (Å²) in [6.07, 6.45) is 2.05. The van der Waals surface area contributed by atoms with Gasteiger partial charge in [-0.25, -0.2) is 4.98 Å². The normalized spacial score (nSPS) is 17.4. The van der Waals surface area contributed by atoms with Crippen LogP contribution in [-0.2, 0) is 4.74 Å². The van der Waals surface area contributed by atoms with Crippen molar-refractivity contribution in [1.82, 2.24) is 9.88 Å². The Kier molecular flexibility index (Phi) is 5.13. The highest BCUT2D eigenvalue weighted by atomic mass is 32.2. The lowest BCUT2D eigenvalue weighted by atomic mass is 10.0. The van der Waals surface area contributed by atoms with Crippen molar-refractivity contribution in [3.8, 4) is 11.3 Å². The molecule has 0 N–H and O–H groups in total. The van der Waals surface area contributed by atoms with Gasteiger partial charge in [-0.1, -0.05) is 30.3 Å². The third-order valence-corrected chi connectivity index (χ3v) is 4.86. The van der Waals surface area contributed by atoms with E-state index in [0.717, 1.165) is 37.0 Å². The quantitative estimate of drug-likeness (QED) is 0.800. The molecule has 0 spiro atoms. The lowest BCUT2D eigenvalue weighted by Crippen LogP contribution is -2.37. The van der Waals surface area contributed by atoms with E-state index in [1.54, 1.807) is 11.8 Å². The summed E-state index contributed by atoms with van der Waals surface area (Å²) >= 11 is 1.67. The molecule has 1 aromatic heterocycles. The van der Waals surface area contributed by atoms with Gasteiger partial charge in [0.2, 0.25) is 0 Å². The summed E-state index contributed by atoms with van der Waals surface area (Å²) < 4.78 is 5.43. The molecule has 0 unspecified atom stereocenters. The van der Waals surface area contributed by atoms with Crippen LogP contribution >= 0.6 is 11.8 Å². The minimum Gasteiger partial charge on any atom is -0.379 e. The third kappa shape index (κ3) is 3.51. The number of ether oxygens (including phenoxy) is 1. The number of nitrogens with zero attached hydrogens (tertiary/aromatic N) is 2. The summed E-state index contributed by atoms with van der Waals surface area (Å²) in [6, 6.07) is 15.4. The summed E-state index contributed by atoms with van der Waals surface area (Å²) in [5.41, 5.74) is 3.57. The summed E-state index contributed by atoms with van der Waals surface area (Å²) in [5, 5.41) is 1.06. The highest BCUT2D eigenvalue weighted by Crippen LogP contribution is 2.25. The molecule has 0 saturated carbocycles. The monoisotopic (exact) mass is 314 g/mol. The van der Waals surface area contributed by atoms with Crippen molar-refractivity contribution in [2.45, 2.75) is 18.0 Å². The molecular weight excluding hydrogens is 292 g/mol. The molecule has 1 aliphatic rings. The van der Waals surface area contributed by atoms with Gasteiger partial charge in [0, 0.05) is 24.7 Å². The van der Waals surface area contributed by atoms with E-state index in [1.165, 1.54) is 11.1 Å². The Morgan fingerprint density at radius 3 is 2.50 bits per heavy atom. The lowest BCUT2D eigenvalue weighted by molar-refractivity contribution is 0.0198. The lowest BCUT2D eigenvalue weighted by Gasteiger charge is -2.32. The average Bonchev–Trinajstić information content (AvgIpc) is 2.62. The number of thioether (sulfide) groups is 1. The van der Waals surface area contributed by atoms with E-state index < -0.39 is 0 Å². The summed E-state index contributed by atoms with van der Waals surface area (Å²) in [7, 11) is 0. The molecular formula is C18H22N2OS. The molecule has 1 fully saturated rings. The van der Waals surface area contributed by atoms with Crippen LogP contribution in [0, 0.1) is 0 Å². The molecule has 1 aliphatic heterocycles. The fraction of sp³-hybridized carbons (Fsp3) is 0.389. The zero-order chi connectivity index (χ0) is 15.4. The first-order valence-electron chi connectivity index (χ1n) is 7.71. The van der Waals surface area contributed by atoms with Crippen molar-refractivity contribution < 1.29 is 4.74 Å². The SMILES string of the molecule is CSc1cccc(-c2ccc([C@@H](C)N3CCOCC3)cc2)n1. The number of aromatic nitrogens is 1. The number of hydrogen-bond acceptors (Lipinski definition) is 4. The Bertz CT molecular complexity index is 609. The number of hydrogen-bond donors (Lipinski definition) is 0. The largest absolute Gasteiger partial charge is 0.379 e. The molecule has 2 heterocycles. The predicted molar refractivity (Wildman–Crippen MR) is 92.3 cm³/mol. The van der Waals surface area contributed by atoms with Gasteiger partial charge < -0.3 is 4.74 Å². The van der Waals surface area contributed by atoms with Crippen molar-refractivity contribution >= 4 is 11.8 Å². The maximum Gasteiger partial charge on any atom is 0.0964 e. The van der Waals surface area contributed by atoms with E-state index in [1.807, 2.05) is 6.07 Å². The second-order valence-electron chi connectivity index (χ2n) is 5.51. The van der Waals surface area contributed by atoms with Gasteiger partial charge in [0.05, 0.1) is 23.9 Å². The van der Waals surface area contributed by atoms with E-state index in [-0.39, 0.29) is 0 Å². The zero-order valence-corrected chi connectivity index (χ0v) is 14.0. The van der Waals surface area contributed by atoms with Gasteiger partial charge in [-0.2, -0.15) is 0 Å². The average molecular weight is 314 g/mol. The standard InChI is InChI=1S/C18H22N2OS/c1-14(20-10-12-21-13-11-20)15-6-8-16(9-7-15)17-4-3-5-18(19-17)22-2/h3-9,14H,10-13H2,1-2H3/t14-/m1/s1. The fourth-order valence-electron chi connectivity index (χ4n) is 2.80. The maximum absolute atomic E-state index is 5.43. The van der Waals surface area contributed by atoms with Crippen LogP contribution in [0.15, 0.2) is 47.5 Å². The fourth-order valence-corrected chi connectivity index (χ4v) is 3.20. The van der Waals surface area contributed by atoms with Crippen molar-refractivity contribution in [3.05, 3.63) is 48.0 Å². The first kappa shape index (κ1) is 15.5. The molecule has 0 bridgehead atoms. The Hall–Kier alpha value is -1.36. The van der Waals surface area contributed by atoms with E-state index in [9.17, 15) is 0 Å². The van der Waals surface area contributed by atoms with Crippen molar-refractivity contribution in [1.29, 1.82) is 0 Å². The molecule has 1 atom stereocenters. The number of morpholine rings is 1. The zero-order valence-electron chi connectivity index (χ0n) is 13.2. The van der Waals surface area contributed by atoms with E-state index in [4.69, 9.17) is 4.74 Å². The third-order valence-electron chi connectivity index (χ3n) is 4.21. The van der Waals surface area contributed by atoms with Crippen LogP contribution in [0.2, 0.25) is 0 Å². The van der Waals surface area contributed by atoms with E-state index in [2.05, 4.69) is 59.5 Å². The first-order chi connectivity index (χ1) is 10.8. The molecule has 1 saturated heterocycles. The molecule has 3 rings (SSSR count). The van der Waals surface area contributed by atoms with Crippen LogP contribution in [-0.4, -0.2) is 42.4 Å². The Morgan fingerprint density at radius 2 is 1.82 bits per heavy atom. The van der Waals surface area contributed by atoms with E-state index >= 15 is 0 Å². The van der Waals surface area contributed by atoms with Crippen LogP contribution in [0.25, 0.3) is 11.3 Å². The minimum atomic E-state index is 0.434. The maximum atomic E-state index is 5.43. The Balaban J connectivity index is 1.76.